The van der Waals surface area contributed by atoms with Gasteiger partial charge >= 0.3 is 0 Å². The van der Waals surface area contributed by atoms with E-state index in [9.17, 15) is 9.59 Å². The van der Waals surface area contributed by atoms with Gasteiger partial charge in [-0.25, -0.2) is 0 Å². The topological polar surface area (TPSA) is 111 Å². The largest absolute Gasteiger partial charge is 0.325 e. The van der Waals surface area contributed by atoms with Gasteiger partial charge < -0.3 is 10.1 Å². The molecule has 2 aromatic rings. The Morgan fingerprint density at radius 2 is 1.82 bits per heavy atom. The van der Waals surface area contributed by atoms with E-state index in [-0.39, 0.29) is 11.7 Å². The zero-order chi connectivity index (χ0) is 15.9. The van der Waals surface area contributed by atoms with Crippen LogP contribution in [-0.4, -0.2) is 37.1 Å². The number of aromatic nitrogens is 5. The van der Waals surface area contributed by atoms with Crippen molar-refractivity contribution in [1.29, 1.82) is 0 Å². The molecule has 0 aliphatic carbocycles. The first-order chi connectivity index (χ1) is 10.5. The molecule has 1 N–H and O–H groups in total. The maximum Gasteiger partial charge on any atom is 0.224 e. The number of nitrogens with zero attached hydrogens (tertiary/aromatic N) is 5. The van der Waals surface area contributed by atoms with Crippen LogP contribution in [0, 0.1) is 6.92 Å². The first kappa shape index (κ1) is 15.6. The van der Waals surface area contributed by atoms with E-state index in [2.05, 4.69) is 30.7 Å². The molecule has 0 aliphatic rings. The van der Waals surface area contributed by atoms with Gasteiger partial charge in [-0.1, -0.05) is 0 Å². The lowest BCUT2D eigenvalue weighted by atomic mass is 10.2. The normalized spacial score (nSPS) is 10.3. The molecule has 22 heavy (non-hydrogen) atoms. The van der Waals surface area contributed by atoms with Crippen molar-refractivity contribution in [1.82, 2.24) is 25.4 Å². The quantitative estimate of drug-likeness (QED) is 0.856. The number of Topliss-reactive ketones (excluding diaryl/α,β-unsaturated/α-hetero) is 1. The summed E-state index contributed by atoms with van der Waals surface area (Å²) >= 11 is 0. The Hall–Kier alpha value is -2.77. The Kier molecular flexibility index (Phi) is 5.18. The first-order valence-corrected chi connectivity index (χ1v) is 6.84. The molecule has 114 valence electrons. The molecular formula is C14H16N6O2. The number of hydrogen-bond acceptors (Lipinski definition) is 7. The average molecular weight is 300 g/mol. The highest BCUT2D eigenvalue weighted by atomic mass is 16.1. The maximum absolute atomic E-state index is 11.7. The molecule has 2 rings (SSSR count). The third-order valence-corrected chi connectivity index (χ3v) is 2.79. The number of pyridine rings is 1. The molecule has 0 saturated heterocycles. The lowest BCUT2D eigenvalue weighted by Crippen LogP contribution is -2.12. The minimum Gasteiger partial charge on any atom is -0.325 e. The number of carbonyl (C=O) groups is 2. The first-order valence-electron chi connectivity index (χ1n) is 6.84. The molecule has 2 heterocycles. The summed E-state index contributed by atoms with van der Waals surface area (Å²) < 4.78 is 0. The van der Waals surface area contributed by atoms with E-state index >= 15 is 0 Å². The number of hydrogen-bond donors (Lipinski definition) is 1. The smallest absolute Gasteiger partial charge is 0.224 e. The van der Waals surface area contributed by atoms with Crippen molar-refractivity contribution in [2.75, 3.05) is 5.32 Å². The lowest BCUT2D eigenvalue weighted by Gasteiger charge is -2.05. The van der Waals surface area contributed by atoms with Crippen LogP contribution in [0.15, 0.2) is 18.3 Å². The predicted octanol–water partition coefficient (Wildman–Crippen LogP) is 1.33. The van der Waals surface area contributed by atoms with Gasteiger partial charge in [0, 0.05) is 12.8 Å². The van der Waals surface area contributed by atoms with Crippen LogP contribution in [0.25, 0.3) is 11.5 Å². The van der Waals surface area contributed by atoms with Crippen molar-refractivity contribution in [3.8, 4) is 11.5 Å². The lowest BCUT2D eigenvalue weighted by molar-refractivity contribution is -0.117. The molecule has 0 aliphatic heterocycles. The molecule has 1 amide bonds. The van der Waals surface area contributed by atoms with E-state index in [0.29, 0.717) is 42.3 Å². The van der Waals surface area contributed by atoms with Gasteiger partial charge in [0.15, 0.2) is 5.82 Å². The van der Waals surface area contributed by atoms with Crippen LogP contribution < -0.4 is 5.32 Å². The van der Waals surface area contributed by atoms with Crippen molar-refractivity contribution in [3.05, 3.63) is 24.2 Å². The number of carbonyl (C=O) groups excluding carboxylic acids is 2. The van der Waals surface area contributed by atoms with Crippen molar-refractivity contribution in [2.45, 2.75) is 33.1 Å². The van der Waals surface area contributed by atoms with Crippen LogP contribution in [0.1, 0.15) is 32.0 Å². The Bertz CT molecular complexity index is 654. The number of nitrogens with one attached hydrogen (secondary N) is 1. The summed E-state index contributed by atoms with van der Waals surface area (Å²) in [7, 11) is 0. The fourth-order valence-electron chi connectivity index (χ4n) is 1.70. The Labute approximate surface area is 127 Å². The van der Waals surface area contributed by atoms with Crippen molar-refractivity contribution in [2.24, 2.45) is 0 Å². The van der Waals surface area contributed by atoms with Crippen LogP contribution in [0.2, 0.25) is 0 Å². The van der Waals surface area contributed by atoms with Crippen molar-refractivity contribution >= 4 is 17.4 Å². The second-order valence-electron chi connectivity index (χ2n) is 4.81. The Morgan fingerprint density at radius 3 is 2.41 bits per heavy atom. The number of aryl methyl sites for hydroxylation is 1. The predicted molar refractivity (Wildman–Crippen MR) is 78.8 cm³/mol. The zero-order valence-corrected chi connectivity index (χ0v) is 12.4. The molecule has 8 heteroatoms. The van der Waals surface area contributed by atoms with Crippen LogP contribution in [0.3, 0.4) is 0 Å². The van der Waals surface area contributed by atoms with Crippen LogP contribution >= 0.6 is 0 Å². The molecular weight excluding hydrogens is 284 g/mol. The third-order valence-electron chi connectivity index (χ3n) is 2.79. The van der Waals surface area contributed by atoms with Gasteiger partial charge in [-0.15, -0.1) is 20.4 Å². The SMILES string of the molecule is CC(=O)CCCC(=O)Nc1ccc(-c2nnc(C)nn2)nc1. The molecule has 0 fully saturated rings. The number of rotatable bonds is 6. The molecule has 8 nitrogen and oxygen atoms in total. The van der Waals surface area contributed by atoms with Gasteiger partial charge in [0.25, 0.3) is 0 Å². The number of ketones is 1. The van der Waals surface area contributed by atoms with E-state index in [0.717, 1.165) is 0 Å². The summed E-state index contributed by atoms with van der Waals surface area (Å²) in [6.45, 7) is 3.21. The van der Waals surface area contributed by atoms with Gasteiger partial charge in [-0.3, -0.25) is 9.78 Å². The van der Waals surface area contributed by atoms with E-state index in [1.165, 1.54) is 13.1 Å². The van der Waals surface area contributed by atoms with E-state index in [4.69, 9.17) is 0 Å². The summed E-state index contributed by atoms with van der Waals surface area (Å²) in [5, 5.41) is 18.1. The maximum atomic E-state index is 11.7. The fraction of sp³-hybridized carbons (Fsp3) is 0.357. The van der Waals surface area contributed by atoms with Gasteiger partial charge in [0.05, 0.1) is 11.9 Å². The second-order valence-corrected chi connectivity index (χ2v) is 4.81. The van der Waals surface area contributed by atoms with Crippen molar-refractivity contribution < 1.29 is 9.59 Å². The van der Waals surface area contributed by atoms with Crippen molar-refractivity contribution in [3.63, 3.8) is 0 Å². The fourth-order valence-corrected chi connectivity index (χ4v) is 1.70. The highest BCUT2D eigenvalue weighted by molar-refractivity contribution is 5.90. The minimum atomic E-state index is -0.147. The molecule has 0 spiro atoms. The summed E-state index contributed by atoms with van der Waals surface area (Å²) in [5.74, 6) is 0.744. The van der Waals surface area contributed by atoms with E-state index in [1.54, 1.807) is 19.1 Å². The van der Waals surface area contributed by atoms with Crippen LogP contribution in [0.4, 0.5) is 5.69 Å². The molecule has 0 radical (unpaired) electrons. The average Bonchev–Trinajstić information content (AvgIpc) is 2.48. The number of amides is 1. The summed E-state index contributed by atoms with van der Waals surface area (Å²) in [6.07, 6.45) is 2.77. The van der Waals surface area contributed by atoms with E-state index < -0.39 is 0 Å². The molecule has 0 atom stereocenters. The molecule has 0 aromatic carbocycles. The van der Waals surface area contributed by atoms with Crippen LogP contribution in [0.5, 0.6) is 0 Å². The second kappa shape index (κ2) is 7.30. The van der Waals surface area contributed by atoms with Gasteiger partial charge in [0.1, 0.15) is 11.5 Å². The van der Waals surface area contributed by atoms with Gasteiger partial charge in [-0.05, 0) is 32.4 Å². The highest BCUT2D eigenvalue weighted by Crippen LogP contribution is 2.13. The molecule has 0 unspecified atom stereocenters. The molecule has 0 saturated carbocycles. The third kappa shape index (κ3) is 4.65. The summed E-state index contributed by atoms with van der Waals surface area (Å²) in [4.78, 5) is 26.7. The standard InChI is InChI=1S/C14H16N6O2/c1-9(21)4-3-5-13(22)16-11-6-7-12(15-8-11)14-19-17-10(2)18-20-14/h6-8H,3-5H2,1-2H3,(H,16,22). The van der Waals surface area contributed by atoms with Gasteiger partial charge in [-0.2, -0.15) is 0 Å². The molecule has 2 aromatic heterocycles. The van der Waals surface area contributed by atoms with Gasteiger partial charge in [0.2, 0.25) is 11.7 Å². The Balaban J connectivity index is 1.93. The summed E-state index contributed by atoms with van der Waals surface area (Å²) in [5.41, 5.74) is 1.10. The Morgan fingerprint density at radius 1 is 1.09 bits per heavy atom. The zero-order valence-electron chi connectivity index (χ0n) is 12.4. The van der Waals surface area contributed by atoms with Crippen LogP contribution in [-0.2, 0) is 9.59 Å². The minimum absolute atomic E-state index is 0.0825. The highest BCUT2D eigenvalue weighted by Gasteiger charge is 2.07. The number of anilines is 1. The molecule has 0 bridgehead atoms. The van der Waals surface area contributed by atoms with E-state index in [1.807, 2.05) is 0 Å². The summed E-state index contributed by atoms with van der Waals surface area (Å²) in [6, 6.07) is 3.38. The monoisotopic (exact) mass is 300 g/mol.